The molecule has 0 bridgehead atoms. The van der Waals surface area contributed by atoms with E-state index in [9.17, 15) is 9.59 Å². The van der Waals surface area contributed by atoms with E-state index in [-0.39, 0.29) is 18.0 Å². The van der Waals surface area contributed by atoms with Gasteiger partial charge in [0.1, 0.15) is 16.5 Å². The molecular formula is C17H24BrClN4O2. The lowest BCUT2D eigenvalue weighted by Crippen LogP contribution is -2.51. The lowest BCUT2D eigenvalue weighted by Gasteiger charge is -2.39. The molecule has 1 aliphatic rings. The van der Waals surface area contributed by atoms with Crippen molar-refractivity contribution in [3.8, 4) is 0 Å². The number of hydrogen-bond acceptors (Lipinski definition) is 5. The van der Waals surface area contributed by atoms with Gasteiger partial charge in [0.15, 0.2) is 0 Å². The maximum absolute atomic E-state index is 12.5. The molecular weight excluding hydrogens is 408 g/mol. The van der Waals surface area contributed by atoms with Gasteiger partial charge in [-0.1, -0.05) is 13.8 Å². The van der Waals surface area contributed by atoms with Crippen LogP contribution >= 0.6 is 27.5 Å². The Morgan fingerprint density at radius 1 is 1.44 bits per heavy atom. The van der Waals surface area contributed by atoms with Gasteiger partial charge in [-0.3, -0.25) is 14.5 Å². The molecule has 25 heavy (non-hydrogen) atoms. The van der Waals surface area contributed by atoms with E-state index in [2.05, 4.69) is 51.9 Å². The van der Waals surface area contributed by atoms with Crippen molar-refractivity contribution in [2.24, 2.45) is 0 Å². The highest BCUT2D eigenvalue weighted by Crippen LogP contribution is 2.28. The summed E-state index contributed by atoms with van der Waals surface area (Å²) in [6.45, 7) is 9.47. The van der Waals surface area contributed by atoms with Crippen LogP contribution in [0.3, 0.4) is 0 Å². The van der Waals surface area contributed by atoms with Crippen LogP contribution in [0.5, 0.6) is 0 Å². The van der Waals surface area contributed by atoms with Crippen molar-refractivity contribution in [3.05, 3.63) is 22.3 Å². The molecule has 6 nitrogen and oxygen atoms in total. The van der Waals surface area contributed by atoms with Crippen LogP contribution in [-0.2, 0) is 4.79 Å². The largest absolute Gasteiger partial charge is 0.350 e. The maximum atomic E-state index is 12.5. The predicted octanol–water partition coefficient (Wildman–Crippen LogP) is 2.65. The number of pyridine rings is 1. The molecule has 1 N–H and O–H groups in total. The van der Waals surface area contributed by atoms with E-state index in [4.69, 9.17) is 11.6 Å². The minimum absolute atomic E-state index is 0.155. The summed E-state index contributed by atoms with van der Waals surface area (Å²) >= 11 is 8.95. The van der Waals surface area contributed by atoms with E-state index in [0.717, 1.165) is 13.1 Å². The molecule has 2 atom stereocenters. The molecule has 2 heterocycles. The number of amides is 1. The number of nitrogens with zero attached hydrogens (tertiary/aromatic N) is 3. The van der Waals surface area contributed by atoms with E-state index >= 15 is 0 Å². The summed E-state index contributed by atoms with van der Waals surface area (Å²) in [5.41, 5.74) is 0.510. The summed E-state index contributed by atoms with van der Waals surface area (Å²) in [5, 5.41) is 2.57. The van der Waals surface area contributed by atoms with Gasteiger partial charge in [-0.25, -0.2) is 4.98 Å². The molecule has 0 radical (unpaired) electrons. The fourth-order valence-corrected chi connectivity index (χ4v) is 3.63. The van der Waals surface area contributed by atoms with Crippen molar-refractivity contribution < 1.29 is 9.59 Å². The third kappa shape index (κ3) is 4.92. The Hall–Kier alpha value is -1.18. The Kier molecular flexibility index (Phi) is 7.22. The van der Waals surface area contributed by atoms with Crippen LogP contribution in [0.25, 0.3) is 0 Å². The van der Waals surface area contributed by atoms with E-state index in [0.29, 0.717) is 35.5 Å². The van der Waals surface area contributed by atoms with Gasteiger partial charge in [-0.15, -0.1) is 0 Å². The number of carbonyl (C=O) groups excluding carboxylic acids is 2. The zero-order valence-electron chi connectivity index (χ0n) is 14.8. The predicted molar refractivity (Wildman–Crippen MR) is 103 cm³/mol. The van der Waals surface area contributed by atoms with Crippen LogP contribution in [0.1, 0.15) is 37.6 Å². The number of aromatic nitrogens is 1. The summed E-state index contributed by atoms with van der Waals surface area (Å²) in [6.07, 6.45) is 0.708. The zero-order valence-corrected chi connectivity index (χ0v) is 17.1. The van der Waals surface area contributed by atoms with Crippen molar-refractivity contribution in [1.82, 2.24) is 15.2 Å². The highest BCUT2D eigenvalue weighted by atomic mass is 79.9. The zero-order chi connectivity index (χ0) is 18.6. The van der Waals surface area contributed by atoms with E-state index in [1.54, 1.807) is 12.1 Å². The number of nitrogens with one attached hydrogen (secondary N) is 1. The molecule has 0 aliphatic carbocycles. The topological polar surface area (TPSA) is 65.5 Å². The number of rotatable bonds is 8. The van der Waals surface area contributed by atoms with E-state index < -0.39 is 5.24 Å². The van der Waals surface area contributed by atoms with Gasteiger partial charge >= 0.3 is 0 Å². The average molecular weight is 432 g/mol. The second kappa shape index (κ2) is 8.96. The number of carbonyl (C=O) groups is 2. The van der Waals surface area contributed by atoms with E-state index in [1.165, 1.54) is 0 Å². The first kappa shape index (κ1) is 20.1. The molecule has 0 spiro atoms. The molecule has 0 saturated carbocycles. The normalized spacial score (nSPS) is 18.0. The molecule has 1 aliphatic heterocycles. The van der Waals surface area contributed by atoms with Gasteiger partial charge in [0.25, 0.3) is 5.91 Å². The van der Waals surface area contributed by atoms with Crippen LogP contribution in [0, 0.1) is 0 Å². The summed E-state index contributed by atoms with van der Waals surface area (Å²) in [7, 11) is 0. The van der Waals surface area contributed by atoms with E-state index in [1.807, 2.05) is 4.90 Å². The van der Waals surface area contributed by atoms with Crippen molar-refractivity contribution in [2.45, 2.75) is 39.3 Å². The fraction of sp³-hybridized carbons (Fsp3) is 0.588. The number of hydrogen-bond donors (Lipinski definition) is 1. The molecule has 1 saturated heterocycles. The molecule has 2 rings (SSSR count). The minimum atomic E-state index is -0.396. The molecule has 1 amide bonds. The third-order valence-electron chi connectivity index (χ3n) is 4.61. The maximum Gasteiger partial charge on any atom is 0.251 e. The van der Waals surface area contributed by atoms with Crippen LogP contribution in [0.15, 0.2) is 16.7 Å². The minimum Gasteiger partial charge on any atom is -0.350 e. The Morgan fingerprint density at radius 2 is 2.12 bits per heavy atom. The van der Waals surface area contributed by atoms with Gasteiger partial charge in [0.2, 0.25) is 5.24 Å². The molecule has 138 valence electrons. The summed E-state index contributed by atoms with van der Waals surface area (Å²) < 4.78 is 0.555. The third-order valence-corrected chi connectivity index (χ3v) is 5.27. The Labute approximate surface area is 162 Å². The van der Waals surface area contributed by atoms with Crippen molar-refractivity contribution in [3.63, 3.8) is 0 Å². The number of likely N-dealkylation sites (N-methyl/N-ethyl adjacent to an activating group) is 1. The molecule has 1 aromatic rings. The van der Waals surface area contributed by atoms with Gasteiger partial charge in [0, 0.05) is 24.7 Å². The molecule has 1 aromatic heterocycles. The quantitative estimate of drug-likeness (QED) is 0.506. The molecule has 0 aromatic carbocycles. The lowest BCUT2D eigenvalue weighted by atomic mass is 10.0. The number of anilines is 1. The second-order valence-electron chi connectivity index (χ2n) is 6.12. The smallest absolute Gasteiger partial charge is 0.251 e. The van der Waals surface area contributed by atoms with Gasteiger partial charge in [-0.05, 0) is 66.1 Å². The standard InChI is InChI=1S/C17H24BrClN4O2/c1-4-22(5-2)11(3)10-20-17(25)12-8-14(18)21-15(9-12)23-7-6-13(23)16(19)24/h8-9,11,13H,4-7,10H2,1-3H3,(H,20,25)/t11?,13-/m0/s1. The van der Waals surface area contributed by atoms with Crippen LogP contribution in [-0.4, -0.2) is 59.3 Å². The first-order chi connectivity index (χ1) is 11.9. The van der Waals surface area contributed by atoms with Crippen molar-refractivity contribution in [1.29, 1.82) is 0 Å². The molecule has 8 heteroatoms. The second-order valence-corrected chi connectivity index (χ2v) is 7.30. The Morgan fingerprint density at radius 3 is 2.64 bits per heavy atom. The lowest BCUT2D eigenvalue weighted by molar-refractivity contribution is -0.113. The highest BCUT2D eigenvalue weighted by Gasteiger charge is 2.34. The van der Waals surface area contributed by atoms with Gasteiger partial charge in [0.05, 0.1) is 0 Å². The van der Waals surface area contributed by atoms with Gasteiger partial charge < -0.3 is 10.2 Å². The summed E-state index contributed by atoms with van der Waals surface area (Å²) in [5.74, 6) is 0.430. The van der Waals surface area contributed by atoms with Crippen LogP contribution < -0.4 is 10.2 Å². The molecule has 1 fully saturated rings. The van der Waals surface area contributed by atoms with Gasteiger partial charge in [-0.2, -0.15) is 0 Å². The Bertz CT molecular complexity index is 639. The monoisotopic (exact) mass is 430 g/mol. The Balaban J connectivity index is 2.06. The first-order valence-electron chi connectivity index (χ1n) is 8.53. The highest BCUT2D eigenvalue weighted by molar-refractivity contribution is 9.10. The SMILES string of the molecule is CCN(CC)C(C)CNC(=O)c1cc(Br)nc(N2CC[C@H]2C(=O)Cl)c1. The molecule has 1 unspecified atom stereocenters. The average Bonchev–Trinajstić information content (AvgIpc) is 2.51. The van der Waals surface area contributed by atoms with Crippen molar-refractivity contribution >= 4 is 44.5 Å². The van der Waals surface area contributed by atoms with Crippen LogP contribution in [0.4, 0.5) is 5.82 Å². The van der Waals surface area contributed by atoms with Crippen LogP contribution in [0.2, 0.25) is 0 Å². The first-order valence-corrected chi connectivity index (χ1v) is 9.70. The summed E-state index contributed by atoms with van der Waals surface area (Å²) in [4.78, 5) is 32.4. The number of halogens is 2. The summed E-state index contributed by atoms with van der Waals surface area (Å²) in [6, 6.07) is 3.28. The van der Waals surface area contributed by atoms with Crippen molar-refractivity contribution in [2.75, 3.05) is 31.1 Å². The fourth-order valence-electron chi connectivity index (χ4n) is 2.98.